The normalized spacial score (nSPS) is 11.3. The number of benzene rings is 2. The van der Waals surface area contributed by atoms with Crippen LogP contribution in [0, 0.1) is 20.8 Å². The molecule has 0 fully saturated rings. The number of nitrogens with one attached hydrogen (secondary N) is 1. The average Bonchev–Trinajstić information content (AvgIpc) is 2.90. The van der Waals surface area contributed by atoms with Gasteiger partial charge in [-0.15, -0.1) is 0 Å². The zero-order valence-corrected chi connectivity index (χ0v) is 15.9. The van der Waals surface area contributed by atoms with Crippen LogP contribution in [-0.4, -0.2) is 30.1 Å². The Labute approximate surface area is 153 Å². The van der Waals surface area contributed by atoms with Crippen LogP contribution >= 0.6 is 0 Å². The van der Waals surface area contributed by atoms with Gasteiger partial charge in [0.1, 0.15) is 0 Å². The number of hydrogen-bond acceptors (Lipinski definition) is 3. The fraction of sp³-hybridized carbons (Fsp3) is 0.238. The molecule has 5 nitrogen and oxygen atoms in total. The lowest BCUT2D eigenvalue weighted by Crippen LogP contribution is -2.17. The third-order valence-corrected chi connectivity index (χ3v) is 4.57. The summed E-state index contributed by atoms with van der Waals surface area (Å²) < 4.78 is 1.57. The van der Waals surface area contributed by atoms with E-state index in [4.69, 9.17) is 0 Å². The van der Waals surface area contributed by atoms with E-state index >= 15 is 0 Å². The minimum atomic E-state index is -0.0978. The molecule has 0 spiro atoms. The Bertz CT molecular complexity index is 1010. The van der Waals surface area contributed by atoms with Crippen molar-refractivity contribution in [3.8, 4) is 5.69 Å². The van der Waals surface area contributed by atoms with Crippen molar-refractivity contribution < 1.29 is 0 Å². The standard InChI is InChI=1S/C21H24N4O/c1-14-6-9-19(12-15(14)2)25-21(26)20(16(3)23-25)13-22-17-7-10-18(11-8-17)24(4)5/h6-13,23H,1-5H3. The maximum Gasteiger partial charge on any atom is 0.280 e. The molecule has 0 saturated carbocycles. The minimum absolute atomic E-state index is 0.0978. The van der Waals surface area contributed by atoms with Gasteiger partial charge in [0.25, 0.3) is 5.56 Å². The maximum absolute atomic E-state index is 12.8. The maximum atomic E-state index is 12.8. The Hall–Kier alpha value is -3.08. The van der Waals surface area contributed by atoms with Gasteiger partial charge >= 0.3 is 0 Å². The molecule has 0 aliphatic heterocycles. The van der Waals surface area contributed by atoms with Gasteiger partial charge in [-0.3, -0.25) is 14.9 Å². The van der Waals surface area contributed by atoms with Gasteiger partial charge in [-0.2, -0.15) is 0 Å². The molecule has 26 heavy (non-hydrogen) atoms. The monoisotopic (exact) mass is 348 g/mol. The highest BCUT2D eigenvalue weighted by Crippen LogP contribution is 2.18. The summed E-state index contributed by atoms with van der Waals surface area (Å²) in [4.78, 5) is 19.3. The summed E-state index contributed by atoms with van der Waals surface area (Å²) in [5.74, 6) is 0. The van der Waals surface area contributed by atoms with Gasteiger partial charge in [-0.05, 0) is 68.3 Å². The molecule has 0 unspecified atom stereocenters. The summed E-state index contributed by atoms with van der Waals surface area (Å²) in [5.41, 5.74) is 6.37. The van der Waals surface area contributed by atoms with Gasteiger partial charge in [-0.1, -0.05) is 6.07 Å². The lowest BCUT2D eigenvalue weighted by molar-refractivity contribution is 0.833. The van der Waals surface area contributed by atoms with Crippen LogP contribution in [-0.2, 0) is 0 Å². The molecule has 1 heterocycles. The molecule has 2 aromatic carbocycles. The summed E-state index contributed by atoms with van der Waals surface area (Å²) in [6.07, 6.45) is 1.64. The first-order chi connectivity index (χ1) is 12.4. The summed E-state index contributed by atoms with van der Waals surface area (Å²) >= 11 is 0. The number of aryl methyl sites for hydroxylation is 3. The van der Waals surface area contributed by atoms with E-state index in [2.05, 4.69) is 17.0 Å². The third-order valence-electron chi connectivity index (χ3n) is 4.57. The average molecular weight is 348 g/mol. The number of aliphatic imine (C=N–C) groups is 1. The van der Waals surface area contributed by atoms with Crippen LogP contribution in [0.1, 0.15) is 22.4 Å². The molecule has 3 aromatic rings. The van der Waals surface area contributed by atoms with E-state index in [-0.39, 0.29) is 5.56 Å². The van der Waals surface area contributed by atoms with Crippen molar-refractivity contribution in [3.63, 3.8) is 0 Å². The second-order valence-electron chi connectivity index (χ2n) is 6.73. The highest BCUT2D eigenvalue weighted by molar-refractivity contribution is 5.83. The number of aromatic amines is 1. The first kappa shape index (κ1) is 17.7. The van der Waals surface area contributed by atoms with Crippen molar-refractivity contribution in [3.05, 3.63) is 75.2 Å². The van der Waals surface area contributed by atoms with E-state index in [1.807, 2.05) is 75.3 Å². The molecule has 1 N–H and O–H groups in total. The molecular weight excluding hydrogens is 324 g/mol. The van der Waals surface area contributed by atoms with Crippen molar-refractivity contribution >= 4 is 17.6 Å². The molecule has 0 bridgehead atoms. The van der Waals surface area contributed by atoms with Crippen LogP contribution in [0.3, 0.4) is 0 Å². The fourth-order valence-electron chi connectivity index (χ4n) is 2.73. The topological polar surface area (TPSA) is 53.4 Å². The van der Waals surface area contributed by atoms with Gasteiger partial charge < -0.3 is 4.90 Å². The lowest BCUT2D eigenvalue weighted by atomic mass is 10.1. The summed E-state index contributed by atoms with van der Waals surface area (Å²) in [7, 11) is 3.99. The van der Waals surface area contributed by atoms with Crippen molar-refractivity contribution in [1.82, 2.24) is 9.78 Å². The van der Waals surface area contributed by atoms with Crippen molar-refractivity contribution in [2.75, 3.05) is 19.0 Å². The number of hydrogen-bond donors (Lipinski definition) is 1. The van der Waals surface area contributed by atoms with E-state index < -0.39 is 0 Å². The van der Waals surface area contributed by atoms with Crippen LogP contribution < -0.4 is 10.5 Å². The van der Waals surface area contributed by atoms with Crippen molar-refractivity contribution in [2.45, 2.75) is 20.8 Å². The van der Waals surface area contributed by atoms with Crippen molar-refractivity contribution in [1.29, 1.82) is 0 Å². The second kappa shape index (κ2) is 7.04. The molecule has 0 atom stereocenters. The molecule has 0 radical (unpaired) electrons. The molecule has 5 heteroatoms. The molecule has 3 rings (SSSR count). The Morgan fingerprint density at radius 2 is 1.69 bits per heavy atom. The molecular formula is C21H24N4O. The molecule has 0 aliphatic carbocycles. The van der Waals surface area contributed by atoms with Crippen LogP contribution in [0.25, 0.3) is 5.69 Å². The molecule has 1 aromatic heterocycles. The highest BCUT2D eigenvalue weighted by Gasteiger charge is 2.11. The van der Waals surface area contributed by atoms with E-state index in [1.165, 1.54) is 5.56 Å². The van der Waals surface area contributed by atoms with E-state index in [0.29, 0.717) is 5.56 Å². The van der Waals surface area contributed by atoms with Gasteiger partial charge in [0, 0.05) is 31.7 Å². The Balaban J connectivity index is 1.93. The number of aromatic nitrogens is 2. The van der Waals surface area contributed by atoms with Crippen LogP contribution in [0.4, 0.5) is 11.4 Å². The van der Waals surface area contributed by atoms with Crippen molar-refractivity contribution in [2.24, 2.45) is 4.99 Å². The second-order valence-corrected chi connectivity index (χ2v) is 6.73. The summed E-state index contributed by atoms with van der Waals surface area (Å²) in [5, 5.41) is 3.14. The van der Waals surface area contributed by atoms with E-state index in [0.717, 1.165) is 28.3 Å². The molecule has 0 aliphatic rings. The highest BCUT2D eigenvalue weighted by atomic mass is 16.1. The van der Waals surface area contributed by atoms with Crippen LogP contribution in [0.15, 0.2) is 52.3 Å². The fourth-order valence-corrected chi connectivity index (χ4v) is 2.73. The number of H-pyrrole nitrogens is 1. The summed E-state index contributed by atoms with van der Waals surface area (Å²) in [6, 6.07) is 13.9. The van der Waals surface area contributed by atoms with Crippen LogP contribution in [0.2, 0.25) is 0 Å². The Morgan fingerprint density at radius 1 is 1.00 bits per heavy atom. The number of nitrogens with zero attached hydrogens (tertiary/aromatic N) is 3. The summed E-state index contributed by atoms with van der Waals surface area (Å²) in [6.45, 7) is 5.98. The minimum Gasteiger partial charge on any atom is -0.378 e. The van der Waals surface area contributed by atoms with Gasteiger partial charge in [0.15, 0.2) is 0 Å². The Morgan fingerprint density at radius 3 is 2.31 bits per heavy atom. The first-order valence-corrected chi connectivity index (χ1v) is 8.57. The SMILES string of the molecule is Cc1ccc(-n2[nH]c(C)c(C=Nc3ccc(N(C)C)cc3)c2=O)cc1C. The van der Waals surface area contributed by atoms with E-state index in [1.54, 1.807) is 10.9 Å². The molecule has 0 amide bonds. The predicted molar refractivity (Wildman–Crippen MR) is 109 cm³/mol. The number of anilines is 1. The third kappa shape index (κ3) is 3.47. The largest absolute Gasteiger partial charge is 0.378 e. The smallest absolute Gasteiger partial charge is 0.280 e. The zero-order valence-electron chi connectivity index (χ0n) is 15.9. The predicted octanol–water partition coefficient (Wildman–Crippen LogP) is 3.91. The quantitative estimate of drug-likeness (QED) is 0.727. The number of rotatable bonds is 4. The zero-order chi connectivity index (χ0) is 18.8. The van der Waals surface area contributed by atoms with Gasteiger partial charge in [0.2, 0.25) is 0 Å². The lowest BCUT2D eigenvalue weighted by Gasteiger charge is -2.11. The Kier molecular flexibility index (Phi) is 4.80. The van der Waals surface area contributed by atoms with E-state index in [9.17, 15) is 4.79 Å². The molecule has 134 valence electrons. The molecule has 0 saturated heterocycles. The van der Waals surface area contributed by atoms with Gasteiger partial charge in [-0.25, -0.2) is 4.68 Å². The first-order valence-electron chi connectivity index (χ1n) is 8.57. The van der Waals surface area contributed by atoms with Crippen LogP contribution in [0.5, 0.6) is 0 Å². The van der Waals surface area contributed by atoms with Gasteiger partial charge in [0.05, 0.1) is 16.9 Å².